The van der Waals surface area contributed by atoms with Crippen molar-refractivity contribution in [3.8, 4) is 11.3 Å². The van der Waals surface area contributed by atoms with E-state index in [4.69, 9.17) is 4.98 Å². The number of fused-ring (bicyclic) bond motifs is 10. The first-order valence-corrected chi connectivity index (χ1v) is 17.4. The van der Waals surface area contributed by atoms with Crippen LogP contribution in [0.1, 0.15) is 86.0 Å². The van der Waals surface area contributed by atoms with Crippen molar-refractivity contribution in [3.63, 3.8) is 0 Å². The molecule has 1 saturated carbocycles. The Labute approximate surface area is 281 Å². The summed E-state index contributed by atoms with van der Waals surface area (Å²) in [6, 6.07) is 34.0. The van der Waals surface area contributed by atoms with Gasteiger partial charge in [-0.3, -0.25) is 9.59 Å². The quantitative estimate of drug-likeness (QED) is 0.194. The molecule has 1 fully saturated rings. The minimum atomic E-state index is -0.147. The third-order valence-electron chi connectivity index (χ3n) is 11.3. The maximum atomic E-state index is 14.0. The fourth-order valence-corrected chi connectivity index (χ4v) is 9.39. The standard InChI is InChI=1S/C44H40N2O2/c1-43(2)21-31-37-29-11-7-5-9-25(29)17-19-33(37)45-41(39(31)35(47)23-43)27-13-15-28(16-14-27)42-40-32(22-44(3,4)24-36(40)48)38-30-12-8-6-10-26(30)18-20-34(38)46-42/h5-20,31,39,41,45H,21-24H2,1-4H3. The first-order valence-electron chi connectivity index (χ1n) is 17.4. The molecule has 1 N–H and O–H groups in total. The molecule has 0 amide bonds. The summed E-state index contributed by atoms with van der Waals surface area (Å²) in [7, 11) is 0. The monoisotopic (exact) mass is 628 g/mol. The topological polar surface area (TPSA) is 59.1 Å². The van der Waals surface area contributed by atoms with E-state index in [-0.39, 0.29) is 34.5 Å². The summed E-state index contributed by atoms with van der Waals surface area (Å²) in [6.07, 6.45) is 2.89. The Balaban J connectivity index is 1.17. The van der Waals surface area contributed by atoms with E-state index in [0.717, 1.165) is 68.2 Å². The molecule has 0 bridgehead atoms. The van der Waals surface area contributed by atoms with E-state index in [0.29, 0.717) is 18.6 Å². The van der Waals surface area contributed by atoms with E-state index < -0.39 is 0 Å². The fourth-order valence-electron chi connectivity index (χ4n) is 9.39. The molecule has 3 aliphatic rings. The number of nitrogens with one attached hydrogen (secondary N) is 1. The number of pyridine rings is 1. The molecule has 3 unspecified atom stereocenters. The number of Topliss-reactive ketones (excluding diaryl/α,β-unsaturated/α-hetero) is 2. The summed E-state index contributed by atoms with van der Waals surface area (Å²) in [4.78, 5) is 33.2. The molecule has 6 aromatic rings. The van der Waals surface area contributed by atoms with Gasteiger partial charge in [-0.25, -0.2) is 4.98 Å². The van der Waals surface area contributed by atoms with Gasteiger partial charge in [-0.15, -0.1) is 0 Å². The molecule has 2 heterocycles. The van der Waals surface area contributed by atoms with E-state index >= 15 is 0 Å². The van der Waals surface area contributed by atoms with Crippen molar-refractivity contribution < 1.29 is 9.59 Å². The van der Waals surface area contributed by atoms with Crippen LogP contribution in [-0.2, 0) is 11.2 Å². The number of benzene rings is 5. The van der Waals surface area contributed by atoms with Crippen LogP contribution in [0.4, 0.5) is 5.69 Å². The third-order valence-corrected chi connectivity index (χ3v) is 11.3. The Morgan fingerprint density at radius 3 is 2.17 bits per heavy atom. The van der Waals surface area contributed by atoms with Crippen molar-refractivity contribution in [2.75, 3.05) is 5.32 Å². The zero-order valence-corrected chi connectivity index (χ0v) is 28.1. The number of nitrogens with zero attached hydrogens (tertiary/aromatic N) is 1. The first-order chi connectivity index (χ1) is 23.1. The Bertz CT molecular complexity index is 2330. The molecule has 1 aromatic heterocycles. The minimum absolute atomic E-state index is 0.0501. The summed E-state index contributed by atoms with van der Waals surface area (Å²) in [5.74, 6) is 0.491. The Hall–Kier alpha value is -4.83. The number of ketones is 2. The number of carbonyl (C=O) groups excluding carboxylic acids is 2. The molecule has 1 aliphatic heterocycles. The van der Waals surface area contributed by atoms with Crippen LogP contribution in [0.2, 0.25) is 0 Å². The average Bonchev–Trinajstić information content (AvgIpc) is 3.06. The van der Waals surface area contributed by atoms with Crippen molar-refractivity contribution in [2.24, 2.45) is 16.7 Å². The molecule has 0 saturated heterocycles. The maximum Gasteiger partial charge on any atom is 0.165 e. The van der Waals surface area contributed by atoms with E-state index in [2.05, 4.69) is 130 Å². The highest BCUT2D eigenvalue weighted by molar-refractivity contribution is 6.15. The van der Waals surface area contributed by atoms with Gasteiger partial charge in [0.15, 0.2) is 5.78 Å². The van der Waals surface area contributed by atoms with Crippen molar-refractivity contribution >= 4 is 49.7 Å². The van der Waals surface area contributed by atoms with Crippen LogP contribution in [-0.4, -0.2) is 16.6 Å². The second-order valence-corrected chi connectivity index (χ2v) is 16.1. The predicted octanol–water partition coefficient (Wildman–Crippen LogP) is 10.6. The number of carbonyl (C=O) groups is 2. The molecule has 2 aliphatic carbocycles. The minimum Gasteiger partial charge on any atom is -0.377 e. The summed E-state index contributed by atoms with van der Waals surface area (Å²) in [5, 5.41) is 9.71. The normalized spacial score (nSPS) is 22.6. The van der Waals surface area contributed by atoms with Gasteiger partial charge >= 0.3 is 0 Å². The van der Waals surface area contributed by atoms with Crippen molar-refractivity contribution in [3.05, 3.63) is 119 Å². The van der Waals surface area contributed by atoms with Crippen molar-refractivity contribution in [1.29, 1.82) is 0 Å². The molecular formula is C44H40N2O2. The molecule has 4 nitrogen and oxygen atoms in total. The summed E-state index contributed by atoms with van der Waals surface area (Å²) in [5.41, 5.74) is 7.85. The molecule has 0 spiro atoms. The molecule has 238 valence electrons. The summed E-state index contributed by atoms with van der Waals surface area (Å²) >= 11 is 0. The lowest BCUT2D eigenvalue weighted by Crippen LogP contribution is -2.44. The molecule has 9 rings (SSSR count). The highest BCUT2D eigenvalue weighted by Crippen LogP contribution is 2.56. The zero-order chi connectivity index (χ0) is 32.9. The van der Waals surface area contributed by atoms with Gasteiger partial charge in [0.05, 0.1) is 17.3 Å². The third kappa shape index (κ3) is 4.52. The average molecular weight is 629 g/mol. The zero-order valence-electron chi connectivity index (χ0n) is 28.1. The summed E-state index contributed by atoms with van der Waals surface area (Å²) in [6.45, 7) is 8.86. The lowest BCUT2D eigenvalue weighted by Gasteiger charge is -2.47. The number of anilines is 1. The Kier molecular flexibility index (Phi) is 6.31. The number of aromatic nitrogens is 1. The smallest absolute Gasteiger partial charge is 0.165 e. The van der Waals surface area contributed by atoms with Crippen molar-refractivity contribution in [1.82, 2.24) is 4.98 Å². The molecule has 3 atom stereocenters. The predicted molar refractivity (Wildman–Crippen MR) is 196 cm³/mol. The Morgan fingerprint density at radius 2 is 1.40 bits per heavy atom. The number of hydrogen-bond acceptors (Lipinski definition) is 4. The second-order valence-electron chi connectivity index (χ2n) is 16.1. The van der Waals surface area contributed by atoms with Gasteiger partial charge in [-0.2, -0.15) is 0 Å². The molecule has 0 radical (unpaired) electrons. The van der Waals surface area contributed by atoms with E-state index in [1.54, 1.807) is 0 Å². The van der Waals surface area contributed by atoms with Crippen LogP contribution in [0.25, 0.3) is 43.7 Å². The van der Waals surface area contributed by atoms with Gasteiger partial charge in [0.2, 0.25) is 0 Å². The van der Waals surface area contributed by atoms with E-state index in [9.17, 15) is 9.59 Å². The molecule has 4 heteroatoms. The molecule has 5 aromatic carbocycles. The van der Waals surface area contributed by atoms with Crippen LogP contribution in [0.3, 0.4) is 0 Å². The maximum absolute atomic E-state index is 14.0. The lowest BCUT2D eigenvalue weighted by molar-refractivity contribution is -0.129. The number of hydrogen-bond donors (Lipinski definition) is 1. The highest BCUT2D eigenvalue weighted by atomic mass is 16.1. The lowest BCUT2D eigenvalue weighted by atomic mass is 9.60. The van der Waals surface area contributed by atoms with Crippen LogP contribution < -0.4 is 5.32 Å². The van der Waals surface area contributed by atoms with Gasteiger partial charge in [0.1, 0.15) is 5.78 Å². The van der Waals surface area contributed by atoms with Gasteiger partial charge in [0, 0.05) is 41.0 Å². The van der Waals surface area contributed by atoms with Gasteiger partial charge in [-0.1, -0.05) is 113 Å². The number of rotatable bonds is 2. The van der Waals surface area contributed by atoms with Crippen LogP contribution in [0, 0.1) is 16.7 Å². The van der Waals surface area contributed by atoms with Crippen LogP contribution >= 0.6 is 0 Å². The second kappa shape index (κ2) is 10.3. The SMILES string of the molecule is CC1(C)CC(=O)c2c(-c3ccc(C4Nc5ccc6ccccc6c5C5CC(C)(C)CC(=O)C54)cc3)nc3ccc4ccccc4c3c2C1. The fraction of sp³-hybridized carbons (Fsp3) is 0.295. The van der Waals surface area contributed by atoms with Gasteiger partial charge < -0.3 is 5.32 Å². The molecule has 48 heavy (non-hydrogen) atoms. The van der Waals surface area contributed by atoms with Crippen LogP contribution in [0.5, 0.6) is 0 Å². The Morgan fingerprint density at radius 1 is 0.708 bits per heavy atom. The van der Waals surface area contributed by atoms with Crippen LogP contribution in [0.15, 0.2) is 97.1 Å². The molecular weight excluding hydrogens is 588 g/mol. The highest BCUT2D eigenvalue weighted by Gasteiger charge is 2.49. The van der Waals surface area contributed by atoms with E-state index in [1.807, 2.05) is 0 Å². The van der Waals surface area contributed by atoms with E-state index in [1.165, 1.54) is 16.3 Å². The largest absolute Gasteiger partial charge is 0.377 e. The van der Waals surface area contributed by atoms with Gasteiger partial charge in [0.25, 0.3) is 0 Å². The summed E-state index contributed by atoms with van der Waals surface area (Å²) < 4.78 is 0. The van der Waals surface area contributed by atoms with Gasteiger partial charge in [-0.05, 0) is 80.0 Å². The first kappa shape index (κ1) is 29.3. The van der Waals surface area contributed by atoms with Crippen molar-refractivity contribution in [2.45, 2.75) is 65.3 Å².